The summed E-state index contributed by atoms with van der Waals surface area (Å²) in [7, 11) is 1.62. The number of nitrogens with one attached hydrogen (secondary N) is 2. The highest BCUT2D eigenvalue weighted by molar-refractivity contribution is 5.85. The molecule has 1 aliphatic rings. The Hall–Kier alpha value is -3.13. The van der Waals surface area contributed by atoms with E-state index in [1.807, 2.05) is 22.9 Å². The molecule has 28 heavy (non-hydrogen) atoms. The molecule has 1 atom stereocenters. The summed E-state index contributed by atoms with van der Waals surface area (Å²) in [6.45, 7) is 3.91. The van der Waals surface area contributed by atoms with E-state index in [4.69, 9.17) is 4.74 Å². The van der Waals surface area contributed by atoms with Crippen molar-refractivity contribution in [1.82, 2.24) is 29.5 Å². The van der Waals surface area contributed by atoms with Gasteiger partial charge in [-0.05, 0) is 55.6 Å². The molecule has 5 rings (SSSR count). The monoisotopic (exact) mass is 378 g/mol. The van der Waals surface area contributed by atoms with Crippen LogP contribution in [0.3, 0.4) is 0 Å². The molecule has 1 aliphatic heterocycles. The molecule has 4 heterocycles. The van der Waals surface area contributed by atoms with Crippen LogP contribution in [0.25, 0.3) is 27.8 Å². The molecule has 0 saturated carbocycles. The van der Waals surface area contributed by atoms with Gasteiger partial charge in [0.25, 0.3) is 0 Å². The van der Waals surface area contributed by atoms with Gasteiger partial charge in [-0.25, -0.2) is 14.3 Å². The van der Waals surface area contributed by atoms with Crippen molar-refractivity contribution in [3.8, 4) is 16.9 Å². The predicted molar refractivity (Wildman–Crippen MR) is 107 cm³/mol. The molecule has 8 heteroatoms. The lowest BCUT2D eigenvalue weighted by Crippen LogP contribution is -2.35. The maximum atomic E-state index is 12.7. The Balaban J connectivity index is 1.67. The summed E-state index contributed by atoms with van der Waals surface area (Å²) in [6, 6.07) is 6.27. The van der Waals surface area contributed by atoms with Gasteiger partial charge >= 0.3 is 5.69 Å². The van der Waals surface area contributed by atoms with Crippen molar-refractivity contribution >= 4 is 16.7 Å². The Kier molecular flexibility index (Phi) is 3.94. The highest BCUT2D eigenvalue weighted by atomic mass is 16.5. The first-order valence-electron chi connectivity index (χ1n) is 9.49. The van der Waals surface area contributed by atoms with Crippen LogP contribution < -0.4 is 15.7 Å². The number of piperidine rings is 1. The van der Waals surface area contributed by atoms with Crippen LogP contribution in [0.5, 0.6) is 5.75 Å². The topological polar surface area (TPSA) is 89.2 Å². The Morgan fingerprint density at radius 2 is 2.18 bits per heavy atom. The molecule has 3 aromatic heterocycles. The normalized spacial score (nSPS) is 17.4. The average molecular weight is 378 g/mol. The number of H-pyrrole nitrogens is 1. The number of fused-ring (bicyclic) bond motifs is 2. The van der Waals surface area contributed by atoms with Gasteiger partial charge in [0.15, 0.2) is 11.4 Å². The number of nitrogens with zero attached hydrogens (tertiary/aromatic N) is 4. The van der Waals surface area contributed by atoms with Crippen LogP contribution in [0.4, 0.5) is 0 Å². The molecular weight excluding hydrogens is 356 g/mol. The van der Waals surface area contributed by atoms with E-state index in [0.29, 0.717) is 11.4 Å². The van der Waals surface area contributed by atoms with E-state index >= 15 is 0 Å². The first kappa shape index (κ1) is 17.0. The minimum atomic E-state index is -0.0513. The van der Waals surface area contributed by atoms with Crippen molar-refractivity contribution in [2.45, 2.75) is 25.8 Å². The number of hydrogen-bond acceptors (Lipinski definition) is 5. The Labute approximate surface area is 161 Å². The third-order valence-electron chi connectivity index (χ3n) is 5.57. The molecule has 0 radical (unpaired) electrons. The van der Waals surface area contributed by atoms with Crippen LogP contribution in [0.2, 0.25) is 0 Å². The lowest BCUT2D eigenvalue weighted by molar-refractivity contribution is 0.372. The third-order valence-corrected chi connectivity index (χ3v) is 5.57. The van der Waals surface area contributed by atoms with E-state index in [1.165, 1.54) is 6.33 Å². The molecule has 1 saturated heterocycles. The van der Waals surface area contributed by atoms with Gasteiger partial charge in [-0.2, -0.15) is 5.10 Å². The molecule has 8 nitrogen and oxygen atoms in total. The molecule has 0 spiro atoms. The lowest BCUT2D eigenvalue weighted by atomic mass is 10.0. The predicted octanol–water partition coefficient (Wildman–Crippen LogP) is 2.28. The van der Waals surface area contributed by atoms with Crippen molar-refractivity contribution in [3.05, 3.63) is 46.8 Å². The fraction of sp³-hybridized carbons (Fsp3) is 0.350. The van der Waals surface area contributed by atoms with Crippen LogP contribution >= 0.6 is 0 Å². The zero-order valence-corrected chi connectivity index (χ0v) is 15.9. The van der Waals surface area contributed by atoms with Gasteiger partial charge in [0.1, 0.15) is 6.33 Å². The summed E-state index contributed by atoms with van der Waals surface area (Å²) in [6.07, 6.45) is 5.53. The molecule has 2 N–H and O–H groups in total. The Bertz CT molecular complexity index is 1230. The number of aromatic nitrogens is 5. The fourth-order valence-electron chi connectivity index (χ4n) is 4.20. The number of methoxy groups -OCH3 is 1. The molecule has 1 aromatic carbocycles. The second-order valence-corrected chi connectivity index (χ2v) is 7.31. The maximum Gasteiger partial charge on any atom is 0.326 e. The minimum Gasteiger partial charge on any atom is -0.493 e. The smallest absolute Gasteiger partial charge is 0.326 e. The fourth-order valence-corrected chi connectivity index (χ4v) is 4.20. The Morgan fingerprint density at radius 1 is 1.29 bits per heavy atom. The van der Waals surface area contributed by atoms with Gasteiger partial charge in [0.2, 0.25) is 0 Å². The summed E-state index contributed by atoms with van der Waals surface area (Å²) in [5.74, 6) is 0.661. The lowest BCUT2D eigenvalue weighted by Gasteiger charge is -2.24. The second kappa shape index (κ2) is 6.49. The van der Waals surface area contributed by atoms with Crippen molar-refractivity contribution in [1.29, 1.82) is 0 Å². The SMILES string of the molecule is COc1cc(-c2cc3[nH]c(=O)n(C4CCCNC4)c3cc2C)cn2ncnc12. The van der Waals surface area contributed by atoms with E-state index in [2.05, 4.69) is 33.4 Å². The van der Waals surface area contributed by atoms with E-state index in [0.717, 1.165) is 53.7 Å². The largest absolute Gasteiger partial charge is 0.493 e. The number of ether oxygens (including phenoxy) is 1. The molecule has 0 aliphatic carbocycles. The van der Waals surface area contributed by atoms with Crippen molar-refractivity contribution in [2.24, 2.45) is 0 Å². The third kappa shape index (κ3) is 2.60. The first-order valence-corrected chi connectivity index (χ1v) is 9.49. The summed E-state index contributed by atoms with van der Waals surface area (Å²) >= 11 is 0. The molecule has 0 amide bonds. The van der Waals surface area contributed by atoms with E-state index in [-0.39, 0.29) is 11.7 Å². The summed E-state index contributed by atoms with van der Waals surface area (Å²) in [4.78, 5) is 19.9. The van der Waals surface area contributed by atoms with Crippen LogP contribution in [-0.2, 0) is 0 Å². The number of pyridine rings is 1. The second-order valence-electron chi connectivity index (χ2n) is 7.31. The number of imidazole rings is 1. The molecule has 1 fully saturated rings. The summed E-state index contributed by atoms with van der Waals surface area (Å²) in [5, 5.41) is 7.63. The molecular formula is C20H22N6O2. The van der Waals surface area contributed by atoms with Gasteiger partial charge in [-0.1, -0.05) is 0 Å². The van der Waals surface area contributed by atoms with Gasteiger partial charge in [0.05, 0.1) is 24.2 Å². The highest BCUT2D eigenvalue weighted by Crippen LogP contribution is 2.32. The number of aromatic amines is 1. The van der Waals surface area contributed by atoms with Crippen LogP contribution in [0.15, 0.2) is 35.5 Å². The maximum absolute atomic E-state index is 12.7. The Morgan fingerprint density at radius 3 is 2.96 bits per heavy atom. The van der Waals surface area contributed by atoms with Crippen LogP contribution in [-0.4, -0.2) is 44.3 Å². The van der Waals surface area contributed by atoms with E-state index in [1.54, 1.807) is 11.6 Å². The molecule has 144 valence electrons. The number of rotatable bonds is 3. The number of benzene rings is 1. The van der Waals surface area contributed by atoms with Crippen LogP contribution in [0.1, 0.15) is 24.4 Å². The number of aryl methyl sites for hydroxylation is 1. The summed E-state index contributed by atoms with van der Waals surface area (Å²) < 4.78 is 9.10. The zero-order chi connectivity index (χ0) is 19.3. The summed E-state index contributed by atoms with van der Waals surface area (Å²) in [5.41, 5.74) is 5.49. The molecule has 0 bridgehead atoms. The van der Waals surface area contributed by atoms with E-state index < -0.39 is 0 Å². The van der Waals surface area contributed by atoms with Gasteiger partial charge < -0.3 is 15.0 Å². The van der Waals surface area contributed by atoms with Gasteiger partial charge in [-0.3, -0.25) is 4.57 Å². The number of hydrogen-bond donors (Lipinski definition) is 2. The minimum absolute atomic E-state index is 0.0513. The van der Waals surface area contributed by atoms with Crippen molar-refractivity contribution in [2.75, 3.05) is 20.2 Å². The van der Waals surface area contributed by atoms with Crippen molar-refractivity contribution in [3.63, 3.8) is 0 Å². The zero-order valence-electron chi connectivity index (χ0n) is 15.9. The van der Waals surface area contributed by atoms with Gasteiger partial charge in [-0.15, -0.1) is 0 Å². The highest BCUT2D eigenvalue weighted by Gasteiger charge is 2.21. The van der Waals surface area contributed by atoms with Gasteiger partial charge in [0, 0.05) is 18.3 Å². The molecule has 4 aromatic rings. The van der Waals surface area contributed by atoms with Crippen molar-refractivity contribution < 1.29 is 4.74 Å². The van der Waals surface area contributed by atoms with E-state index in [9.17, 15) is 4.79 Å². The van der Waals surface area contributed by atoms with Crippen LogP contribution in [0, 0.1) is 6.92 Å². The standard InChI is InChI=1S/C20H22N6O2/c1-12-6-17-16(24-20(27)26(17)14-4-3-5-21-9-14)8-15(12)13-7-18(28-2)19-22-11-23-25(19)10-13/h6-8,10-11,14,21H,3-5,9H2,1-2H3,(H,24,27). The molecule has 1 unspecified atom stereocenters. The quantitative estimate of drug-likeness (QED) is 0.571. The first-order chi connectivity index (χ1) is 13.7. The average Bonchev–Trinajstić information content (AvgIpc) is 3.30.